The number of carbonyl (C=O) groups excluding carboxylic acids is 3. The van der Waals surface area contributed by atoms with E-state index < -0.39 is 18.5 Å². The van der Waals surface area contributed by atoms with Crippen molar-refractivity contribution in [3.8, 4) is 11.5 Å². The Morgan fingerprint density at radius 2 is 2.03 bits per heavy atom. The Balaban J connectivity index is 1.53. The van der Waals surface area contributed by atoms with Gasteiger partial charge in [0.25, 0.3) is 5.91 Å². The predicted molar refractivity (Wildman–Crippen MR) is 113 cm³/mol. The summed E-state index contributed by atoms with van der Waals surface area (Å²) in [4.78, 5) is 42.9. The summed E-state index contributed by atoms with van der Waals surface area (Å²) in [5.41, 5.74) is 6.79. The van der Waals surface area contributed by atoms with Gasteiger partial charge in [0.2, 0.25) is 5.91 Å². The lowest BCUT2D eigenvalue weighted by Gasteiger charge is -2.31. The lowest BCUT2D eigenvalue weighted by Crippen LogP contribution is -2.45. The van der Waals surface area contributed by atoms with Crippen molar-refractivity contribution in [2.45, 2.75) is 19.8 Å². The van der Waals surface area contributed by atoms with Gasteiger partial charge >= 0.3 is 5.97 Å². The van der Waals surface area contributed by atoms with E-state index in [0.29, 0.717) is 47.3 Å². The summed E-state index contributed by atoms with van der Waals surface area (Å²) in [7, 11) is 0. The van der Waals surface area contributed by atoms with E-state index in [1.807, 2.05) is 19.1 Å². The molecule has 3 aromatic rings. The molecule has 2 N–H and O–H groups in total. The van der Waals surface area contributed by atoms with Crippen molar-refractivity contribution in [1.82, 2.24) is 9.88 Å². The SMILES string of the molecule is Cc1ccc(-c2cc(C(=O)OCC(=O)N3CCC[C@H](C(N)=O)C3)c3ccccc3n2)o1. The topological polar surface area (TPSA) is 116 Å². The van der Waals surface area contributed by atoms with E-state index in [1.54, 1.807) is 30.3 Å². The molecule has 0 bridgehead atoms. The molecule has 0 spiro atoms. The minimum atomic E-state index is -0.625. The molecule has 0 saturated carbocycles. The minimum absolute atomic E-state index is 0.256. The molecule has 31 heavy (non-hydrogen) atoms. The van der Waals surface area contributed by atoms with E-state index in [2.05, 4.69) is 4.98 Å². The number of primary amides is 1. The second-order valence-electron chi connectivity index (χ2n) is 7.64. The van der Waals surface area contributed by atoms with E-state index >= 15 is 0 Å². The molecule has 1 aliphatic rings. The van der Waals surface area contributed by atoms with E-state index in [9.17, 15) is 14.4 Å². The van der Waals surface area contributed by atoms with Crippen LogP contribution in [0.15, 0.2) is 46.9 Å². The number of furan rings is 1. The third-order valence-electron chi connectivity index (χ3n) is 5.43. The number of ether oxygens (including phenoxy) is 1. The van der Waals surface area contributed by atoms with Gasteiger partial charge in [-0.05, 0) is 44.0 Å². The van der Waals surface area contributed by atoms with Crippen LogP contribution in [0.2, 0.25) is 0 Å². The summed E-state index contributed by atoms with van der Waals surface area (Å²) >= 11 is 0. The summed E-state index contributed by atoms with van der Waals surface area (Å²) in [6.07, 6.45) is 1.35. The third-order valence-corrected chi connectivity index (χ3v) is 5.43. The largest absolute Gasteiger partial charge is 0.460 e. The number of piperidine rings is 1. The molecule has 0 radical (unpaired) electrons. The molecule has 2 amide bonds. The predicted octanol–water partition coefficient (Wildman–Crippen LogP) is 2.68. The highest BCUT2D eigenvalue weighted by Crippen LogP contribution is 2.27. The molecule has 1 saturated heterocycles. The number of hydrogen-bond acceptors (Lipinski definition) is 6. The molecule has 1 aromatic carbocycles. The summed E-state index contributed by atoms with van der Waals surface area (Å²) in [6.45, 7) is 2.19. The summed E-state index contributed by atoms with van der Waals surface area (Å²) in [5.74, 6) is -0.482. The maximum atomic E-state index is 12.9. The number of amides is 2. The number of nitrogens with two attached hydrogens (primary N) is 1. The van der Waals surface area contributed by atoms with Crippen molar-refractivity contribution >= 4 is 28.7 Å². The maximum absolute atomic E-state index is 12.9. The lowest BCUT2D eigenvalue weighted by atomic mass is 9.97. The third kappa shape index (κ3) is 4.42. The summed E-state index contributed by atoms with van der Waals surface area (Å²) in [5, 5.41) is 0.624. The van der Waals surface area contributed by atoms with Crippen LogP contribution in [0, 0.1) is 12.8 Å². The van der Waals surface area contributed by atoms with Crippen molar-refractivity contribution in [1.29, 1.82) is 0 Å². The van der Waals surface area contributed by atoms with Gasteiger partial charge in [-0.25, -0.2) is 9.78 Å². The molecular formula is C23H23N3O5. The number of pyridine rings is 1. The van der Waals surface area contributed by atoms with E-state index in [4.69, 9.17) is 14.9 Å². The number of rotatable bonds is 5. The van der Waals surface area contributed by atoms with E-state index in [0.717, 1.165) is 5.76 Å². The monoisotopic (exact) mass is 421 g/mol. The van der Waals surface area contributed by atoms with Crippen LogP contribution in [0.3, 0.4) is 0 Å². The Kier molecular flexibility index (Phi) is 5.70. The van der Waals surface area contributed by atoms with Gasteiger partial charge in [-0.3, -0.25) is 9.59 Å². The first-order chi connectivity index (χ1) is 14.9. The van der Waals surface area contributed by atoms with Crippen LogP contribution in [-0.4, -0.2) is 47.4 Å². The van der Waals surface area contributed by atoms with Crippen LogP contribution in [0.25, 0.3) is 22.4 Å². The average molecular weight is 421 g/mol. The fourth-order valence-electron chi connectivity index (χ4n) is 3.77. The summed E-state index contributed by atoms with van der Waals surface area (Å²) < 4.78 is 11.0. The molecule has 160 valence electrons. The first-order valence-electron chi connectivity index (χ1n) is 10.1. The molecule has 1 fully saturated rings. The van der Waals surface area contributed by atoms with Gasteiger partial charge in [-0.1, -0.05) is 18.2 Å². The van der Waals surface area contributed by atoms with Crippen LogP contribution in [-0.2, 0) is 14.3 Å². The first kappa shape index (κ1) is 20.6. The Bertz CT molecular complexity index is 1150. The Labute approximate surface area is 179 Å². The second-order valence-corrected chi connectivity index (χ2v) is 7.64. The fraction of sp³-hybridized carbons (Fsp3) is 0.304. The van der Waals surface area contributed by atoms with Crippen LogP contribution >= 0.6 is 0 Å². The number of nitrogens with zero attached hydrogens (tertiary/aromatic N) is 2. The van der Waals surface area contributed by atoms with Crippen LogP contribution in [0.4, 0.5) is 0 Å². The maximum Gasteiger partial charge on any atom is 0.339 e. The van der Waals surface area contributed by atoms with E-state index in [1.165, 1.54) is 4.90 Å². The van der Waals surface area contributed by atoms with Gasteiger partial charge in [-0.15, -0.1) is 0 Å². The van der Waals surface area contributed by atoms with Crippen LogP contribution < -0.4 is 5.73 Å². The highest BCUT2D eigenvalue weighted by Gasteiger charge is 2.27. The molecule has 8 nitrogen and oxygen atoms in total. The zero-order chi connectivity index (χ0) is 22.0. The molecule has 1 aliphatic heterocycles. The van der Waals surface area contributed by atoms with Crippen LogP contribution in [0.5, 0.6) is 0 Å². The van der Waals surface area contributed by atoms with Gasteiger partial charge in [0.15, 0.2) is 12.4 Å². The molecule has 2 aromatic heterocycles. The van der Waals surface area contributed by atoms with Gasteiger partial charge in [0.05, 0.1) is 17.0 Å². The average Bonchev–Trinajstić information content (AvgIpc) is 3.22. The number of benzene rings is 1. The quantitative estimate of drug-likeness (QED) is 0.633. The molecule has 0 unspecified atom stereocenters. The minimum Gasteiger partial charge on any atom is -0.460 e. The van der Waals surface area contributed by atoms with Gasteiger partial charge < -0.3 is 19.8 Å². The Hall–Kier alpha value is -3.68. The van der Waals surface area contributed by atoms with Crippen molar-refractivity contribution < 1.29 is 23.5 Å². The van der Waals surface area contributed by atoms with Gasteiger partial charge in [0.1, 0.15) is 11.5 Å². The molecule has 1 atom stereocenters. The number of carbonyl (C=O) groups is 3. The Morgan fingerprint density at radius 3 is 2.77 bits per heavy atom. The van der Waals surface area contributed by atoms with Crippen molar-refractivity contribution in [2.24, 2.45) is 11.7 Å². The number of esters is 1. The first-order valence-corrected chi connectivity index (χ1v) is 10.1. The van der Waals surface area contributed by atoms with Gasteiger partial charge in [-0.2, -0.15) is 0 Å². The highest BCUT2D eigenvalue weighted by atomic mass is 16.5. The number of para-hydroxylation sites is 1. The molecule has 4 rings (SSSR count). The number of aromatic nitrogens is 1. The van der Waals surface area contributed by atoms with Gasteiger partial charge in [0, 0.05) is 18.5 Å². The van der Waals surface area contributed by atoms with E-state index in [-0.39, 0.29) is 18.4 Å². The van der Waals surface area contributed by atoms with Crippen molar-refractivity contribution in [3.63, 3.8) is 0 Å². The number of hydrogen-bond donors (Lipinski definition) is 1. The van der Waals surface area contributed by atoms with Crippen molar-refractivity contribution in [2.75, 3.05) is 19.7 Å². The van der Waals surface area contributed by atoms with Crippen molar-refractivity contribution in [3.05, 3.63) is 53.8 Å². The molecule has 8 heteroatoms. The van der Waals surface area contributed by atoms with Crippen LogP contribution in [0.1, 0.15) is 29.0 Å². The lowest BCUT2D eigenvalue weighted by molar-refractivity contribution is -0.137. The zero-order valence-electron chi connectivity index (χ0n) is 17.2. The number of likely N-dealkylation sites (tertiary alicyclic amines) is 1. The highest BCUT2D eigenvalue weighted by molar-refractivity contribution is 6.05. The fourth-order valence-corrected chi connectivity index (χ4v) is 3.77. The number of fused-ring (bicyclic) bond motifs is 1. The second kappa shape index (κ2) is 8.59. The standard InChI is InChI=1S/C23H23N3O5/c1-14-8-9-20(31-14)19-11-17(16-6-2-3-7-18(16)25-19)23(29)30-13-21(27)26-10-4-5-15(12-26)22(24)28/h2-3,6-9,11,15H,4-5,10,12-13H2,1H3,(H2,24,28)/t15-/m0/s1. The summed E-state index contributed by atoms with van der Waals surface area (Å²) in [6, 6.07) is 12.4. The molecule has 3 heterocycles. The Morgan fingerprint density at radius 1 is 1.23 bits per heavy atom. The normalized spacial score (nSPS) is 16.3. The molecular weight excluding hydrogens is 398 g/mol. The molecule has 0 aliphatic carbocycles. The zero-order valence-corrected chi connectivity index (χ0v) is 17.2. The smallest absolute Gasteiger partial charge is 0.339 e. The number of aryl methyl sites for hydroxylation is 1.